The van der Waals surface area contributed by atoms with Crippen LogP contribution < -0.4 is 11.1 Å². The average molecular weight is 233 g/mol. The van der Waals surface area contributed by atoms with Gasteiger partial charge in [-0.3, -0.25) is 9.69 Å². The normalized spacial score (nSPS) is 16.6. The molecule has 17 heavy (non-hydrogen) atoms. The van der Waals surface area contributed by atoms with E-state index in [2.05, 4.69) is 5.32 Å². The van der Waals surface area contributed by atoms with E-state index in [1.165, 1.54) is 0 Å². The minimum Gasteiger partial charge on any atom is -0.325 e. The number of carbonyl (C=O) groups excluding carboxylic acids is 1. The van der Waals surface area contributed by atoms with Crippen LogP contribution in [0.25, 0.3) is 0 Å². The van der Waals surface area contributed by atoms with Gasteiger partial charge in [-0.05, 0) is 31.0 Å². The second-order valence-electron chi connectivity index (χ2n) is 4.82. The number of amides is 1. The van der Waals surface area contributed by atoms with E-state index in [0.717, 1.165) is 29.9 Å². The molecular weight excluding hydrogens is 214 g/mol. The summed E-state index contributed by atoms with van der Waals surface area (Å²) in [6.45, 7) is 6.08. The third-order valence-electron chi connectivity index (χ3n) is 3.02. The topological polar surface area (TPSA) is 58.4 Å². The molecule has 0 spiro atoms. The fourth-order valence-corrected chi connectivity index (χ4v) is 2.00. The molecule has 1 aliphatic rings. The second kappa shape index (κ2) is 4.85. The molecule has 1 aromatic rings. The van der Waals surface area contributed by atoms with Crippen LogP contribution in [0, 0.1) is 13.8 Å². The molecule has 0 radical (unpaired) electrons. The molecule has 4 nitrogen and oxygen atoms in total. The minimum atomic E-state index is 0.0330. The van der Waals surface area contributed by atoms with Gasteiger partial charge >= 0.3 is 0 Å². The molecule has 1 aromatic carbocycles. The Morgan fingerprint density at radius 3 is 2.82 bits per heavy atom. The quantitative estimate of drug-likeness (QED) is 0.815. The number of rotatable bonds is 3. The zero-order valence-corrected chi connectivity index (χ0v) is 10.4. The van der Waals surface area contributed by atoms with Gasteiger partial charge < -0.3 is 11.1 Å². The standard InChI is InChI=1S/C13H19N3O/c1-9-3-4-10(2)12(5-9)15-13(17)8-16-6-11(14)7-16/h3-5,11H,6-8,14H2,1-2H3,(H,15,17). The minimum absolute atomic E-state index is 0.0330. The predicted molar refractivity (Wildman–Crippen MR) is 69.0 cm³/mol. The molecule has 3 N–H and O–H groups in total. The molecule has 92 valence electrons. The van der Waals surface area contributed by atoms with Crippen LogP contribution >= 0.6 is 0 Å². The predicted octanol–water partition coefficient (Wildman–Crippen LogP) is 0.885. The van der Waals surface area contributed by atoms with Crippen molar-refractivity contribution in [1.82, 2.24) is 4.90 Å². The molecule has 1 fully saturated rings. The Bertz CT molecular complexity index is 425. The van der Waals surface area contributed by atoms with Crippen LogP contribution in [0.4, 0.5) is 5.69 Å². The van der Waals surface area contributed by atoms with Crippen LogP contribution in [0.3, 0.4) is 0 Å². The summed E-state index contributed by atoms with van der Waals surface area (Å²) in [6.07, 6.45) is 0. The van der Waals surface area contributed by atoms with Crippen molar-refractivity contribution in [3.8, 4) is 0 Å². The first kappa shape index (κ1) is 12.1. The SMILES string of the molecule is Cc1ccc(C)c(NC(=O)CN2CC(N)C2)c1. The summed E-state index contributed by atoms with van der Waals surface area (Å²) >= 11 is 0. The van der Waals surface area contributed by atoms with Crippen LogP contribution in [0.2, 0.25) is 0 Å². The summed E-state index contributed by atoms with van der Waals surface area (Å²) in [5.41, 5.74) is 8.81. The van der Waals surface area contributed by atoms with Gasteiger partial charge in [0, 0.05) is 24.8 Å². The second-order valence-corrected chi connectivity index (χ2v) is 4.82. The van der Waals surface area contributed by atoms with Gasteiger partial charge in [-0.2, -0.15) is 0 Å². The molecule has 4 heteroatoms. The maximum absolute atomic E-state index is 11.8. The Hall–Kier alpha value is -1.39. The van der Waals surface area contributed by atoms with E-state index in [1.54, 1.807) is 0 Å². The Morgan fingerprint density at radius 2 is 2.18 bits per heavy atom. The lowest BCUT2D eigenvalue weighted by Gasteiger charge is -2.36. The van der Waals surface area contributed by atoms with Crippen molar-refractivity contribution < 1.29 is 4.79 Å². The highest BCUT2D eigenvalue weighted by Crippen LogP contribution is 2.16. The third kappa shape index (κ3) is 3.05. The van der Waals surface area contributed by atoms with E-state index in [1.807, 2.05) is 36.9 Å². The summed E-state index contributed by atoms with van der Waals surface area (Å²) in [7, 11) is 0. The number of anilines is 1. The van der Waals surface area contributed by atoms with Crippen molar-refractivity contribution in [3.63, 3.8) is 0 Å². The average Bonchev–Trinajstić information content (AvgIpc) is 2.21. The fraction of sp³-hybridized carbons (Fsp3) is 0.462. The highest BCUT2D eigenvalue weighted by molar-refractivity contribution is 5.93. The van der Waals surface area contributed by atoms with E-state index in [-0.39, 0.29) is 11.9 Å². The molecule has 0 saturated carbocycles. The van der Waals surface area contributed by atoms with E-state index < -0.39 is 0 Å². The van der Waals surface area contributed by atoms with Gasteiger partial charge in [-0.15, -0.1) is 0 Å². The molecule has 0 aromatic heterocycles. The van der Waals surface area contributed by atoms with Crippen LogP contribution in [-0.2, 0) is 4.79 Å². The number of benzene rings is 1. The van der Waals surface area contributed by atoms with Crippen molar-refractivity contribution in [2.45, 2.75) is 19.9 Å². The maximum Gasteiger partial charge on any atom is 0.238 e. The Balaban J connectivity index is 1.91. The summed E-state index contributed by atoms with van der Waals surface area (Å²) in [6, 6.07) is 6.29. The first-order valence-electron chi connectivity index (χ1n) is 5.89. The molecule has 1 aliphatic heterocycles. The van der Waals surface area contributed by atoms with Gasteiger partial charge in [-0.25, -0.2) is 0 Å². The number of nitrogens with one attached hydrogen (secondary N) is 1. The molecule has 0 aliphatic carbocycles. The number of hydrogen-bond acceptors (Lipinski definition) is 3. The van der Waals surface area contributed by atoms with E-state index >= 15 is 0 Å². The number of hydrogen-bond donors (Lipinski definition) is 2. The molecule has 0 unspecified atom stereocenters. The van der Waals surface area contributed by atoms with Gasteiger partial charge in [0.2, 0.25) is 5.91 Å². The summed E-state index contributed by atoms with van der Waals surface area (Å²) in [5, 5.41) is 2.94. The van der Waals surface area contributed by atoms with E-state index in [0.29, 0.717) is 6.54 Å². The number of nitrogens with two attached hydrogens (primary N) is 1. The molecule has 0 atom stereocenters. The van der Waals surface area contributed by atoms with Crippen LogP contribution in [0.1, 0.15) is 11.1 Å². The van der Waals surface area contributed by atoms with Crippen molar-refractivity contribution in [2.75, 3.05) is 25.0 Å². The van der Waals surface area contributed by atoms with Gasteiger partial charge in [-0.1, -0.05) is 12.1 Å². The largest absolute Gasteiger partial charge is 0.325 e. The number of likely N-dealkylation sites (tertiary alicyclic amines) is 1. The van der Waals surface area contributed by atoms with E-state index in [9.17, 15) is 4.79 Å². The Kier molecular flexibility index (Phi) is 3.45. The fourth-order valence-electron chi connectivity index (χ4n) is 2.00. The van der Waals surface area contributed by atoms with Gasteiger partial charge in [0.05, 0.1) is 6.54 Å². The summed E-state index contributed by atoms with van der Waals surface area (Å²) in [4.78, 5) is 13.8. The molecular formula is C13H19N3O. The van der Waals surface area contributed by atoms with Crippen molar-refractivity contribution in [3.05, 3.63) is 29.3 Å². The van der Waals surface area contributed by atoms with Crippen molar-refractivity contribution >= 4 is 11.6 Å². The number of aryl methyl sites for hydroxylation is 2. The zero-order valence-electron chi connectivity index (χ0n) is 10.4. The lowest BCUT2D eigenvalue weighted by atomic mass is 10.1. The molecule has 1 amide bonds. The number of nitrogens with zero attached hydrogens (tertiary/aromatic N) is 1. The molecule has 2 rings (SSSR count). The van der Waals surface area contributed by atoms with Crippen LogP contribution in [0.5, 0.6) is 0 Å². The highest BCUT2D eigenvalue weighted by atomic mass is 16.2. The zero-order chi connectivity index (χ0) is 12.4. The first-order valence-corrected chi connectivity index (χ1v) is 5.89. The molecule has 1 saturated heterocycles. The van der Waals surface area contributed by atoms with Crippen LogP contribution in [-0.4, -0.2) is 36.5 Å². The van der Waals surface area contributed by atoms with Crippen LogP contribution in [0.15, 0.2) is 18.2 Å². The summed E-state index contributed by atoms with van der Waals surface area (Å²) in [5.74, 6) is 0.0330. The Labute approximate surface area is 102 Å². The smallest absolute Gasteiger partial charge is 0.238 e. The Morgan fingerprint density at radius 1 is 1.47 bits per heavy atom. The third-order valence-corrected chi connectivity index (χ3v) is 3.02. The number of carbonyl (C=O) groups is 1. The van der Waals surface area contributed by atoms with Gasteiger partial charge in [0.25, 0.3) is 0 Å². The molecule has 1 heterocycles. The highest BCUT2D eigenvalue weighted by Gasteiger charge is 2.24. The van der Waals surface area contributed by atoms with Crippen molar-refractivity contribution in [1.29, 1.82) is 0 Å². The van der Waals surface area contributed by atoms with E-state index in [4.69, 9.17) is 5.73 Å². The summed E-state index contributed by atoms with van der Waals surface area (Å²) < 4.78 is 0. The van der Waals surface area contributed by atoms with Crippen molar-refractivity contribution in [2.24, 2.45) is 5.73 Å². The van der Waals surface area contributed by atoms with Gasteiger partial charge in [0.1, 0.15) is 0 Å². The maximum atomic E-state index is 11.8. The lowest BCUT2D eigenvalue weighted by Crippen LogP contribution is -2.57. The van der Waals surface area contributed by atoms with Gasteiger partial charge in [0.15, 0.2) is 0 Å². The molecule has 0 bridgehead atoms. The lowest BCUT2D eigenvalue weighted by molar-refractivity contribution is -0.118. The first-order chi connectivity index (χ1) is 8.04. The monoisotopic (exact) mass is 233 g/mol.